The highest BCUT2D eigenvalue weighted by Gasteiger charge is 2.43. The monoisotopic (exact) mass is 833 g/mol. The maximum Gasteiger partial charge on any atom is 0.308 e. The summed E-state index contributed by atoms with van der Waals surface area (Å²) in [6.07, 6.45) is 20.4. The third-order valence-electron chi connectivity index (χ3n) is 14.7. The molecule has 6 fully saturated rings. The number of hydrogen-bond acceptors (Lipinski definition) is 11. The van der Waals surface area contributed by atoms with Crippen LogP contribution in [0.4, 0.5) is 0 Å². The fraction of sp³-hybridized carbons (Fsp3) is 0.889. The number of nitrogens with one attached hydrogen (secondary N) is 2. The molecule has 0 radical (unpaired) electrons. The molecule has 6 atom stereocenters. The number of hydroxylamine groups is 1. The Hall–Kier alpha value is -2.81. The van der Waals surface area contributed by atoms with Gasteiger partial charge in [0.15, 0.2) is 0 Å². The Morgan fingerprint density at radius 1 is 0.492 bits per heavy atom. The smallest absolute Gasteiger partial charge is 0.308 e. The van der Waals surface area contributed by atoms with Gasteiger partial charge in [-0.2, -0.15) is 5.48 Å². The molecule has 0 aromatic heterocycles. The molecule has 0 bridgehead atoms. The van der Waals surface area contributed by atoms with Crippen LogP contribution in [-0.2, 0) is 47.8 Å². The Labute approximate surface area is 350 Å². The second kappa shape index (κ2) is 23.4. The quantitative estimate of drug-likeness (QED) is 0.0646. The lowest BCUT2D eigenvalue weighted by Crippen LogP contribution is -2.47. The van der Waals surface area contributed by atoms with Crippen LogP contribution in [0.1, 0.15) is 154 Å². The number of carbonyl (C=O) groups is 5. The number of ether oxygens (including phenoxy) is 4. The van der Waals surface area contributed by atoms with E-state index >= 15 is 0 Å². The van der Waals surface area contributed by atoms with Gasteiger partial charge in [-0.3, -0.25) is 24.0 Å². The van der Waals surface area contributed by atoms with E-state index in [4.69, 9.17) is 23.8 Å². The van der Waals surface area contributed by atoms with Gasteiger partial charge in [-0.05, 0) is 133 Å². The summed E-state index contributed by atoms with van der Waals surface area (Å²) in [4.78, 5) is 69.3. The molecular weight excluding hydrogens is 760 g/mol. The Bertz CT molecular complexity index is 1350. The summed E-state index contributed by atoms with van der Waals surface area (Å²) in [5, 5.41) is 22.8. The van der Waals surface area contributed by atoms with Crippen molar-refractivity contribution in [2.45, 2.75) is 178 Å². The molecule has 0 saturated heterocycles. The van der Waals surface area contributed by atoms with Gasteiger partial charge in [0.25, 0.3) is 0 Å². The van der Waals surface area contributed by atoms with Gasteiger partial charge in [-0.25, -0.2) is 0 Å². The Morgan fingerprint density at radius 3 is 1.51 bits per heavy atom. The standard InChI is InChI=1S/C45H72N2O12/c48-41(40-24-32(12-22-39(40)43(51)52)45(54)56-26-30-9-5-2-6-10-30)46-34-13-17-36(18-14-34)57-28-58-37-19-15-35(16-20-37)47-59-27-33-23-31(11-21-38(33)42(49)50)44(53)55-25-29-7-3-1-4-8-29/h29-40,47H,1-28H2,(H,46,48)(H,49,50)(H,51,52). The van der Waals surface area contributed by atoms with E-state index in [1.54, 1.807) is 0 Å². The molecule has 6 aliphatic carbocycles. The molecule has 6 saturated carbocycles. The predicted octanol–water partition coefficient (Wildman–Crippen LogP) is 6.72. The zero-order valence-electron chi connectivity index (χ0n) is 35.2. The highest BCUT2D eigenvalue weighted by Crippen LogP contribution is 2.38. The van der Waals surface area contributed by atoms with Gasteiger partial charge in [0.05, 0.1) is 61.6 Å². The Balaban J connectivity index is 0.825. The van der Waals surface area contributed by atoms with Crippen LogP contribution in [-0.4, -0.2) is 90.9 Å². The van der Waals surface area contributed by atoms with Crippen molar-refractivity contribution in [1.29, 1.82) is 0 Å². The molecule has 59 heavy (non-hydrogen) atoms. The first-order chi connectivity index (χ1) is 28.6. The van der Waals surface area contributed by atoms with Crippen LogP contribution in [0.5, 0.6) is 0 Å². The SMILES string of the molecule is O=C(OCC1CCCCC1)C1CCC(C(=O)O)C(CONC2CCC(OCOC3CCC(NC(=O)C4CC(C(=O)OCC5CCCCC5)CCC4C(=O)O)CC3)CC2)C1. The lowest BCUT2D eigenvalue weighted by molar-refractivity contribution is -0.158. The number of aliphatic carboxylic acids is 2. The van der Waals surface area contributed by atoms with E-state index in [0.717, 1.165) is 77.0 Å². The molecule has 0 aromatic carbocycles. The maximum absolute atomic E-state index is 13.4. The van der Waals surface area contributed by atoms with E-state index < -0.39 is 35.6 Å². The molecule has 0 heterocycles. The molecule has 1 amide bonds. The minimum absolute atomic E-state index is 0.0204. The second-order valence-corrected chi connectivity index (χ2v) is 18.9. The van der Waals surface area contributed by atoms with Crippen molar-refractivity contribution in [3.8, 4) is 0 Å². The van der Waals surface area contributed by atoms with Crippen molar-refractivity contribution in [2.75, 3.05) is 26.6 Å². The third-order valence-corrected chi connectivity index (χ3v) is 14.7. The van der Waals surface area contributed by atoms with E-state index in [9.17, 15) is 34.2 Å². The number of rotatable bonds is 18. The fourth-order valence-corrected chi connectivity index (χ4v) is 10.8. The van der Waals surface area contributed by atoms with Crippen molar-refractivity contribution in [1.82, 2.24) is 10.8 Å². The molecule has 0 aliphatic heterocycles. The first-order valence-corrected chi connectivity index (χ1v) is 23.3. The summed E-state index contributed by atoms with van der Waals surface area (Å²) in [6.45, 7) is 1.33. The van der Waals surface area contributed by atoms with Gasteiger partial charge in [-0.15, -0.1) is 0 Å². The first-order valence-electron chi connectivity index (χ1n) is 23.3. The third kappa shape index (κ3) is 14.1. The van der Waals surface area contributed by atoms with Crippen molar-refractivity contribution < 1.29 is 58.0 Å². The molecule has 4 N–H and O–H groups in total. The summed E-state index contributed by atoms with van der Waals surface area (Å²) in [7, 11) is 0. The van der Waals surface area contributed by atoms with Crippen LogP contribution in [0.3, 0.4) is 0 Å². The molecule has 6 unspecified atom stereocenters. The molecule has 334 valence electrons. The van der Waals surface area contributed by atoms with Crippen LogP contribution in [0, 0.1) is 47.3 Å². The Kier molecular flexibility index (Phi) is 18.1. The zero-order chi connectivity index (χ0) is 41.6. The van der Waals surface area contributed by atoms with E-state index in [0.29, 0.717) is 57.2 Å². The normalized spacial score (nSPS) is 33.7. The maximum atomic E-state index is 13.4. The van der Waals surface area contributed by atoms with Crippen molar-refractivity contribution in [3.05, 3.63) is 0 Å². The molecule has 14 heteroatoms. The van der Waals surface area contributed by atoms with Gasteiger partial charge in [-0.1, -0.05) is 38.5 Å². The van der Waals surface area contributed by atoms with Crippen LogP contribution in [0.25, 0.3) is 0 Å². The average molecular weight is 833 g/mol. The molecule has 6 rings (SSSR count). The van der Waals surface area contributed by atoms with Crippen molar-refractivity contribution >= 4 is 29.8 Å². The van der Waals surface area contributed by atoms with Crippen LogP contribution >= 0.6 is 0 Å². The first kappa shape index (κ1) is 45.7. The number of esters is 2. The molecule has 0 spiro atoms. The number of amides is 1. The topological polar surface area (TPSA) is 196 Å². The van der Waals surface area contributed by atoms with Crippen LogP contribution < -0.4 is 10.8 Å². The number of carboxylic acid groups (broad SMARTS) is 2. The molecule has 14 nitrogen and oxygen atoms in total. The minimum atomic E-state index is -0.987. The van der Waals surface area contributed by atoms with Gasteiger partial charge in [0, 0.05) is 12.1 Å². The summed E-state index contributed by atoms with van der Waals surface area (Å²) < 4.78 is 23.6. The summed E-state index contributed by atoms with van der Waals surface area (Å²) >= 11 is 0. The summed E-state index contributed by atoms with van der Waals surface area (Å²) in [5.41, 5.74) is 3.16. The van der Waals surface area contributed by atoms with Crippen LogP contribution in [0.15, 0.2) is 0 Å². The highest BCUT2D eigenvalue weighted by molar-refractivity contribution is 5.86. The highest BCUT2D eigenvalue weighted by atomic mass is 16.7. The van der Waals surface area contributed by atoms with Gasteiger partial charge in [0.2, 0.25) is 5.91 Å². The van der Waals surface area contributed by atoms with Gasteiger partial charge < -0.3 is 39.3 Å². The second-order valence-electron chi connectivity index (χ2n) is 18.9. The van der Waals surface area contributed by atoms with Crippen LogP contribution in [0.2, 0.25) is 0 Å². The zero-order valence-corrected chi connectivity index (χ0v) is 35.2. The largest absolute Gasteiger partial charge is 0.481 e. The number of carboxylic acids is 2. The minimum Gasteiger partial charge on any atom is -0.481 e. The molecular formula is C45H72N2O12. The summed E-state index contributed by atoms with van der Waals surface area (Å²) in [5.74, 6) is -4.82. The van der Waals surface area contributed by atoms with E-state index in [-0.39, 0.29) is 73.8 Å². The predicted molar refractivity (Wildman–Crippen MR) is 215 cm³/mol. The van der Waals surface area contributed by atoms with Gasteiger partial charge in [0.1, 0.15) is 6.79 Å². The lowest BCUT2D eigenvalue weighted by atomic mass is 9.73. The van der Waals surface area contributed by atoms with Gasteiger partial charge >= 0.3 is 23.9 Å². The average Bonchev–Trinajstić information content (AvgIpc) is 3.26. The van der Waals surface area contributed by atoms with E-state index in [1.807, 2.05) is 0 Å². The van der Waals surface area contributed by atoms with E-state index in [2.05, 4.69) is 10.8 Å². The van der Waals surface area contributed by atoms with E-state index in [1.165, 1.54) is 38.5 Å². The number of hydrogen-bond donors (Lipinski definition) is 4. The Morgan fingerprint density at radius 2 is 0.983 bits per heavy atom. The van der Waals surface area contributed by atoms with Crippen molar-refractivity contribution in [3.63, 3.8) is 0 Å². The molecule has 6 aliphatic rings. The fourth-order valence-electron chi connectivity index (χ4n) is 10.8. The number of carbonyl (C=O) groups excluding carboxylic acids is 3. The molecule has 0 aromatic rings. The van der Waals surface area contributed by atoms with Crippen molar-refractivity contribution in [2.24, 2.45) is 47.3 Å². The lowest BCUT2D eigenvalue weighted by Gasteiger charge is -2.35. The summed E-state index contributed by atoms with van der Waals surface area (Å²) in [6, 6.07) is 0.0677.